The Hall–Kier alpha value is -3.10. The summed E-state index contributed by atoms with van der Waals surface area (Å²) in [5.41, 5.74) is 5.16. The molecule has 0 aromatic carbocycles. The number of carbonyl (C=O) groups is 3. The maximum atomic E-state index is 12.6. The van der Waals surface area contributed by atoms with Crippen LogP contribution in [0.3, 0.4) is 0 Å². The molecule has 0 radical (unpaired) electrons. The molecule has 4 atom stereocenters. The van der Waals surface area contributed by atoms with Crippen molar-refractivity contribution in [2.45, 2.75) is 13.0 Å². The number of furan rings is 1. The fourth-order valence-corrected chi connectivity index (χ4v) is 4.47. The number of fused-ring (bicyclic) bond motifs is 5. The highest BCUT2D eigenvalue weighted by Gasteiger charge is 2.58. The Balaban J connectivity index is 1.26. The normalized spacial score (nSPS) is 28.2. The molecule has 1 saturated carbocycles. The van der Waals surface area contributed by atoms with Crippen molar-refractivity contribution in [2.24, 2.45) is 34.4 Å². The van der Waals surface area contributed by atoms with Crippen molar-refractivity contribution in [3.8, 4) is 0 Å². The summed E-state index contributed by atoms with van der Waals surface area (Å²) >= 11 is 0. The third kappa shape index (κ3) is 3.06. The van der Waals surface area contributed by atoms with Gasteiger partial charge in [0.25, 0.3) is 5.91 Å². The predicted octanol–water partition coefficient (Wildman–Crippen LogP) is -0.149. The van der Waals surface area contributed by atoms with Gasteiger partial charge in [-0.25, -0.2) is 0 Å². The van der Waals surface area contributed by atoms with E-state index in [-0.39, 0.29) is 41.2 Å². The number of hydrogen-bond donors (Lipinski definition) is 3. The summed E-state index contributed by atoms with van der Waals surface area (Å²) in [6.45, 7) is 1.01. The maximum absolute atomic E-state index is 12.6. The van der Waals surface area contributed by atoms with Crippen molar-refractivity contribution in [3.63, 3.8) is 0 Å². The molecule has 1 aromatic heterocycles. The average Bonchev–Trinajstić information content (AvgIpc) is 3.44. The number of primary amides is 1. The molecule has 1 aromatic rings. The molecular weight excluding hydrogens is 362 g/mol. The molecular formula is C19H23N5O4. The lowest BCUT2D eigenvalue weighted by Gasteiger charge is -2.18. The van der Waals surface area contributed by atoms with Gasteiger partial charge in [-0.15, -0.1) is 0 Å². The van der Waals surface area contributed by atoms with Gasteiger partial charge in [-0.2, -0.15) is 0 Å². The lowest BCUT2D eigenvalue weighted by molar-refractivity contribution is -0.140. The van der Waals surface area contributed by atoms with Crippen LogP contribution in [0, 0.1) is 23.7 Å². The van der Waals surface area contributed by atoms with E-state index in [0.717, 1.165) is 6.42 Å². The molecule has 2 heterocycles. The molecule has 9 heteroatoms. The van der Waals surface area contributed by atoms with E-state index in [0.29, 0.717) is 31.4 Å². The van der Waals surface area contributed by atoms with Crippen LogP contribution in [0.5, 0.6) is 0 Å². The van der Waals surface area contributed by atoms with Gasteiger partial charge in [0, 0.05) is 20.1 Å². The average molecular weight is 385 g/mol. The van der Waals surface area contributed by atoms with Crippen molar-refractivity contribution in [1.29, 1.82) is 0 Å². The number of hydrogen-bond acceptors (Lipinski definition) is 5. The molecule has 1 saturated heterocycles. The number of guanidine groups is 1. The number of amides is 3. The van der Waals surface area contributed by atoms with Crippen LogP contribution < -0.4 is 16.4 Å². The van der Waals surface area contributed by atoms with Gasteiger partial charge in [-0.3, -0.25) is 24.3 Å². The van der Waals surface area contributed by atoms with Crippen LogP contribution in [0.15, 0.2) is 33.7 Å². The number of carbonyl (C=O) groups excluding carboxylic acids is 3. The highest BCUT2D eigenvalue weighted by molar-refractivity contribution is 6.06. The van der Waals surface area contributed by atoms with Crippen LogP contribution in [-0.2, 0) is 16.1 Å². The second-order valence-corrected chi connectivity index (χ2v) is 7.31. The van der Waals surface area contributed by atoms with Crippen molar-refractivity contribution in [2.75, 3.05) is 20.1 Å². The topological polar surface area (TPSA) is 130 Å². The van der Waals surface area contributed by atoms with Gasteiger partial charge in [0.05, 0.1) is 18.4 Å². The summed E-state index contributed by atoms with van der Waals surface area (Å²) in [4.78, 5) is 41.8. The minimum atomic E-state index is -0.623. The van der Waals surface area contributed by atoms with E-state index in [1.807, 2.05) is 0 Å². The number of nitrogens with zero attached hydrogens (tertiary/aromatic N) is 2. The first kappa shape index (κ1) is 18.3. The van der Waals surface area contributed by atoms with Crippen molar-refractivity contribution >= 4 is 23.7 Å². The maximum Gasteiger partial charge on any atom is 0.284 e. The second kappa shape index (κ2) is 7.14. The van der Waals surface area contributed by atoms with E-state index < -0.39 is 5.91 Å². The first-order valence-electron chi connectivity index (χ1n) is 9.36. The number of nitrogens with one attached hydrogen (secondary N) is 2. The zero-order chi connectivity index (χ0) is 19.8. The lowest BCUT2D eigenvalue weighted by Crippen LogP contribution is -2.43. The molecule has 2 aliphatic carbocycles. The zero-order valence-electron chi connectivity index (χ0n) is 15.6. The van der Waals surface area contributed by atoms with E-state index >= 15 is 0 Å². The Bertz CT molecular complexity index is 843. The summed E-state index contributed by atoms with van der Waals surface area (Å²) in [7, 11) is 1.62. The van der Waals surface area contributed by atoms with Gasteiger partial charge in [-0.1, -0.05) is 12.2 Å². The molecule has 3 aliphatic rings. The first-order valence-corrected chi connectivity index (χ1v) is 9.36. The largest absolute Gasteiger partial charge is 0.454 e. The molecule has 2 fully saturated rings. The molecule has 0 spiro atoms. The fourth-order valence-electron chi connectivity index (χ4n) is 4.47. The quantitative estimate of drug-likeness (QED) is 0.270. The smallest absolute Gasteiger partial charge is 0.284 e. The molecule has 1 aliphatic heterocycles. The molecule has 4 unspecified atom stereocenters. The second-order valence-electron chi connectivity index (χ2n) is 7.31. The van der Waals surface area contributed by atoms with Crippen LogP contribution in [0.25, 0.3) is 0 Å². The van der Waals surface area contributed by atoms with Crippen LogP contribution in [-0.4, -0.2) is 48.7 Å². The fraction of sp³-hybridized carbons (Fsp3) is 0.474. The van der Waals surface area contributed by atoms with Gasteiger partial charge >= 0.3 is 0 Å². The summed E-state index contributed by atoms with van der Waals surface area (Å²) in [5, 5.41) is 6.13. The SMILES string of the molecule is CN=C(NCCN1C(=O)C2C3C=CC(C3)C2C1=O)NCc1ccc(C(N)=O)o1. The molecule has 28 heavy (non-hydrogen) atoms. The minimum absolute atomic E-state index is 0.0498. The molecule has 4 N–H and O–H groups in total. The lowest BCUT2D eigenvalue weighted by atomic mass is 9.85. The number of aliphatic imine (C=N–C) groups is 1. The Kier molecular flexibility index (Phi) is 4.66. The molecule has 148 valence electrons. The number of nitrogens with two attached hydrogens (primary N) is 1. The molecule has 9 nitrogen and oxygen atoms in total. The Morgan fingerprint density at radius 1 is 1.21 bits per heavy atom. The van der Waals surface area contributed by atoms with Crippen LogP contribution in [0.4, 0.5) is 0 Å². The Morgan fingerprint density at radius 2 is 1.89 bits per heavy atom. The van der Waals surface area contributed by atoms with Gasteiger partial charge in [0.2, 0.25) is 11.8 Å². The van der Waals surface area contributed by atoms with E-state index in [9.17, 15) is 14.4 Å². The monoisotopic (exact) mass is 385 g/mol. The van der Waals surface area contributed by atoms with Crippen molar-refractivity contribution < 1.29 is 18.8 Å². The number of likely N-dealkylation sites (tertiary alicyclic amines) is 1. The van der Waals surface area contributed by atoms with E-state index in [2.05, 4.69) is 27.8 Å². The Morgan fingerprint density at radius 3 is 2.46 bits per heavy atom. The zero-order valence-corrected chi connectivity index (χ0v) is 15.6. The summed E-state index contributed by atoms with van der Waals surface area (Å²) < 4.78 is 5.30. The van der Waals surface area contributed by atoms with Crippen molar-refractivity contribution in [1.82, 2.24) is 15.5 Å². The van der Waals surface area contributed by atoms with Crippen LogP contribution >= 0.6 is 0 Å². The minimum Gasteiger partial charge on any atom is -0.454 e. The molecule has 3 amide bonds. The summed E-state index contributed by atoms with van der Waals surface area (Å²) in [6, 6.07) is 3.17. The highest BCUT2D eigenvalue weighted by atomic mass is 16.3. The van der Waals surface area contributed by atoms with Crippen LogP contribution in [0.2, 0.25) is 0 Å². The van der Waals surface area contributed by atoms with Crippen LogP contribution in [0.1, 0.15) is 22.7 Å². The molecule has 4 rings (SSSR count). The third-order valence-electron chi connectivity index (χ3n) is 5.75. The van der Waals surface area contributed by atoms with E-state index in [1.165, 1.54) is 11.0 Å². The van der Waals surface area contributed by atoms with Crippen molar-refractivity contribution in [3.05, 3.63) is 35.8 Å². The molecule has 2 bridgehead atoms. The third-order valence-corrected chi connectivity index (χ3v) is 5.75. The van der Waals surface area contributed by atoms with Gasteiger partial charge in [0.1, 0.15) is 5.76 Å². The predicted molar refractivity (Wildman–Crippen MR) is 99.9 cm³/mol. The summed E-state index contributed by atoms with van der Waals surface area (Å²) in [5.74, 6) is 0.515. The number of rotatable bonds is 6. The Labute approximate surface area is 162 Å². The summed E-state index contributed by atoms with van der Waals surface area (Å²) in [6.07, 6.45) is 5.10. The highest BCUT2D eigenvalue weighted by Crippen LogP contribution is 2.52. The first-order chi connectivity index (χ1) is 13.5. The van der Waals surface area contributed by atoms with Gasteiger partial charge in [0.15, 0.2) is 11.7 Å². The number of allylic oxidation sites excluding steroid dienone is 2. The van der Waals surface area contributed by atoms with E-state index in [4.69, 9.17) is 10.2 Å². The van der Waals surface area contributed by atoms with Gasteiger partial charge < -0.3 is 20.8 Å². The standard InChI is InChI=1S/C19H23N5O4/c1-21-19(23-9-12-4-5-13(28-12)16(20)25)22-6-7-24-17(26)14-10-2-3-11(8-10)15(14)18(24)27/h2-5,10-11,14-15H,6-9H2,1H3,(H2,20,25)(H2,21,22,23). The van der Waals surface area contributed by atoms with Gasteiger partial charge in [-0.05, 0) is 30.4 Å². The number of imide groups is 1. The van der Waals surface area contributed by atoms with E-state index in [1.54, 1.807) is 13.1 Å².